The Kier molecular flexibility index (Phi) is 4.42. The van der Waals surface area contributed by atoms with E-state index in [0.29, 0.717) is 10.6 Å². The van der Waals surface area contributed by atoms with Gasteiger partial charge in [0.05, 0.1) is 18.4 Å². The number of rotatable bonds is 5. The first kappa shape index (κ1) is 15.0. The van der Waals surface area contributed by atoms with Gasteiger partial charge in [0.15, 0.2) is 0 Å². The summed E-state index contributed by atoms with van der Waals surface area (Å²) in [4.78, 5) is 23.9. The lowest BCUT2D eigenvalue weighted by Crippen LogP contribution is -2.59. The third kappa shape index (κ3) is 3.17. The van der Waals surface area contributed by atoms with Crippen molar-refractivity contribution in [2.45, 2.75) is 19.4 Å². The smallest absolute Gasteiger partial charge is 0.350 e. The highest BCUT2D eigenvalue weighted by Crippen LogP contribution is 2.28. The van der Waals surface area contributed by atoms with E-state index in [1.165, 1.54) is 18.4 Å². The maximum absolute atomic E-state index is 11.9. The molecule has 1 amide bonds. The van der Waals surface area contributed by atoms with Crippen LogP contribution in [0.25, 0.3) is 0 Å². The molecule has 1 aromatic rings. The second kappa shape index (κ2) is 5.90. The first-order valence-electron chi connectivity index (χ1n) is 6.26. The Labute approximate surface area is 121 Å². The predicted octanol–water partition coefficient (Wildman–Crippen LogP) is 1.16. The highest BCUT2D eigenvalue weighted by atomic mass is 32.1. The van der Waals surface area contributed by atoms with Crippen LogP contribution in [0.5, 0.6) is 0 Å². The van der Waals surface area contributed by atoms with Crippen LogP contribution in [-0.2, 0) is 14.3 Å². The molecule has 0 spiro atoms. The number of amides is 1. The van der Waals surface area contributed by atoms with E-state index >= 15 is 0 Å². The zero-order valence-electron chi connectivity index (χ0n) is 11.7. The van der Waals surface area contributed by atoms with Gasteiger partial charge in [-0.3, -0.25) is 4.79 Å². The number of ether oxygens (including phenoxy) is 2. The number of aryl methyl sites for hydroxylation is 1. The maximum atomic E-state index is 11.9. The molecule has 0 atom stereocenters. The summed E-state index contributed by atoms with van der Waals surface area (Å²) in [5.74, 6) is -0.723. The van der Waals surface area contributed by atoms with Gasteiger partial charge < -0.3 is 20.1 Å². The van der Waals surface area contributed by atoms with Crippen molar-refractivity contribution in [2.75, 3.05) is 32.1 Å². The summed E-state index contributed by atoms with van der Waals surface area (Å²) in [5, 5.41) is 7.62. The van der Waals surface area contributed by atoms with Crippen molar-refractivity contribution in [3.05, 3.63) is 15.8 Å². The molecule has 2 N–H and O–H groups in total. The fourth-order valence-electron chi connectivity index (χ4n) is 1.84. The predicted molar refractivity (Wildman–Crippen MR) is 76.3 cm³/mol. The standard InChI is InChI=1S/C13H18N2O4S/c1-8-5-20-11(12(17)18-3)10(8)15-9(16)4-19-13(2)6-14-7-13/h5,14H,4,6-7H2,1-3H3,(H,15,16). The van der Waals surface area contributed by atoms with Crippen LogP contribution in [-0.4, -0.2) is 44.3 Å². The lowest BCUT2D eigenvalue weighted by molar-refractivity contribution is -0.130. The lowest BCUT2D eigenvalue weighted by atomic mass is 10.0. The number of hydrogen-bond donors (Lipinski definition) is 2. The highest BCUT2D eigenvalue weighted by Gasteiger charge is 2.33. The molecule has 2 rings (SSSR count). The van der Waals surface area contributed by atoms with Crippen LogP contribution >= 0.6 is 11.3 Å². The molecule has 2 heterocycles. The summed E-state index contributed by atoms with van der Waals surface area (Å²) in [7, 11) is 1.32. The van der Waals surface area contributed by atoms with Crippen molar-refractivity contribution < 1.29 is 19.1 Å². The average molecular weight is 298 g/mol. The van der Waals surface area contributed by atoms with Crippen LogP contribution in [0.15, 0.2) is 5.38 Å². The van der Waals surface area contributed by atoms with Crippen LogP contribution in [0.2, 0.25) is 0 Å². The summed E-state index contributed by atoms with van der Waals surface area (Å²) in [5.41, 5.74) is 1.07. The molecule has 0 saturated carbocycles. The third-order valence-corrected chi connectivity index (χ3v) is 4.24. The molecule has 1 fully saturated rings. The van der Waals surface area contributed by atoms with Gasteiger partial charge >= 0.3 is 5.97 Å². The second-order valence-corrected chi connectivity index (χ2v) is 5.88. The number of methoxy groups -OCH3 is 1. The van der Waals surface area contributed by atoms with Gasteiger partial charge in [-0.2, -0.15) is 0 Å². The van der Waals surface area contributed by atoms with Crippen molar-refractivity contribution >= 4 is 28.9 Å². The number of thiophene rings is 1. The molecule has 6 nitrogen and oxygen atoms in total. The largest absolute Gasteiger partial charge is 0.465 e. The Balaban J connectivity index is 1.97. The molecule has 0 unspecified atom stereocenters. The molecule has 0 bridgehead atoms. The number of hydrogen-bond acceptors (Lipinski definition) is 6. The van der Waals surface area contributed by atoms with Crippen molar-refractivity contribution in [3.63, 3.8) is 0 Å². The van der Waals surface area contributed by atoms with Gasteiger partial charge in [-0.1, -0.05) is 0 Å². The van der Waals surface area contributed by atoms with E-state index in [9.17, 15) is 9.59 Å². The van der Waals surface area contributed by atoms with Crippen LogP contribution < -0.4 is 10.6 Å². The summed E-state index contributed by atoms with van der Waals surface area (Å²) in [6.45, 7) is 5.23. The number of nitrogens with one attached hydrogen (secondary N) is 2. The number of anilines is 1. The zero-order chi connectivity index (χ0) is 14.8. The summed E-state index contributed by atoms with van der Waals surface area (Å²) in [6.07, 6.45) is 0. The molecular formula is C13H18N2O4S. The van der Waals surface area contributed by atoms with E-state index in [-0.39, 0.29) is 18.1 Å². The fourth-order valence-corrected chi connectivity index (χ4v) is 2.76. The summed E-state index contributed by atoms with van der Waals surface area (Å²) in [6, 6.07) is 0. The number of carbonyl (C=O) groups excluding carboxylic acids is 2. The van der Waals surface area contributed by atoms with Crippen molar-refractivity contribution in [1.82, 2.24) is 5.32 Å². The van der Waals surface area contributed by atoms with E-state index in [1.54, 1.807) is 5.38 Å². The number of carbonyl (C=O) groups is 2. The van der Waals surface area contributed by atoms with E-state index < -0.39 is 5.97 Å². The highest BCUT2D eigenvalue weighted by molar-refractivity contribution is 7.12. The Morgan fingerprint density at radius 1 is 1.50 bits per heavy atom. The van der Waals surface area contributed by atoms with Crippen LogP contribution in [0.3, 0.4) is 0 Å². The molecule has 110 valence electrons. The molecule has 1 aliphatic rings. The summed E-state index contributed by atoms with van der Waals surface area (Å²) < 4.78 is 10.2. The van der Waals surface area contributed by atoms with Crippen LogP contribution in [0.4, 0.5) is 5.69 Å². The van der Waals surface area contributed by atoms with Gasteiger partial charge in [-0.05, 0) is 24.8 Å². The molecular weight excluding hydrogens is 280 g/mol. The number of esters is 1. The fraction of sp³-hybridized carbons (Fsp3) is 0.538. The minimum absolute atomic E-state index is 0.0337. The zero-order valence-corrected chi connectivity index (χ0v) is 12.6. The van der Waals surface area contributed by atoms with Gasteiger partial charge in [-0.25, -0.2) is 4.79 Å². The van der Waals surface area contributed by atoms with Crippen LogP contribution in [0, 0.1) is 6.92 Å². The van der Waals surface area contributed by atoms with Crippen molar-refractivity contribution in [2.24, 2.45) is 0 Å². The van der Waals surface area contributed by atoms with Gasteiger partial charge in [0.2, 0.25) is 5.91 Å². The topological polar surface area (TPSA) is 76.7 Å². The molecule has 0 aliphatic carbocycles. The Morgan fingerprint density at radius 3 is 2.75 bits per heavy atom. The monoisotopic (exact) mass is 298 g/mol. The SMILES string of the molecule is COC(=O)c1scc(C)c1NC(=O)COC1(C)CNC1. The first-order valence-corrected chi connectivity index (χ1v) is 7.14. The first-order chi connectivity index (χ1) is 9.45. The summed E-state index contributed by atoms with van der Waals surface area (Å²) >= 11 is 1.25. The molecule has 1 aromatic heterocycles. The van der Waals surface area contributed by atoms with Crippen molar-refractivity contribution in [1.29, 1.82) is 0 Å². The van der Waals surface area contributed by atoms with Gasteiger partial charge in [-0.15, -0.1) is 11.3 Å². The minimum Gasteiger partial charge on any atom is -0.465 e. The van der Waals surface area contributed by atoms with Gasteiger partial charge in [0.1, 0.15) is 11.5 Å². The molecule has 1 aliphatic heterocycles. The Morgan fingerprint density at radius 2 is 2.20 bits per heavy atom. The van der Waals surface area contributed by atoms with Crippen LogP contribution in [0.1, 0.15) is 22.2 Å². The Bertz CT molecular complexity index is 522. The molecule has 0 radical (unpaired) electrons. The quantitative estimate of drug-likeness (QED) is 0.798. The van der Waals surface area contributed by atoms with Crippen molar-refractivity contribution in [3.8, 4) is 0 Å². The lowest BCUT2D eigenvalue weighted by Gasteiger charge is -2.38. The maximum Gasteiger partial charge on any atom is 0.350 e. The van der Waals surface area contributed by atoms with E-state index in [1.807, 2.05) is 13.8 Å². The van der Waals surface area contributed by atoms with Gasteiger partial charge in [0, 0.05) is 13.1 Å². The van der Waals surface area contributed by atoms with Gasteiger partial charge in [0.25, 0.3) is 0 Å². The molecule has 20 heavy (non-hydrogen) atoms. The van der Waals surface area contributed by atoms with E-state index in [2.05, 4.69) is 10.6 Å². The molecule has 1 saturated heterocycles. The van der Waals surface area contributed by atoms with E-state index in [4.69, 9.17) is 9.47 Å². The average Bonchev–Trinajstić information content (AvgIpc) is 2.75. The van der Waals surface area contributed by atoms with E-state index in [0.717, 1.165) is 18.7 Å². The second-order valence-electron chi connectivity index (χ2n) is 5.00. The molecule has 7 heteroatoms. The third-order valence-electron chi connectivity index (χ3n) is 3.16. The minimum atomic E-state index is -0.450. The molecule has 0 aromatic carbocycles. The normalized spacial score (nSPS) is 16.4. The Hall–Kier alpha value is -1.44.